The Hall–Kier alpha value is -1.46. The Morgan fingerprint density at radius 2 is 1.88 bits per heavy atom. The molecular weight excluding hydrogens is 304 g/mol. The van der Waals surface area contributed by atoms with Crippen molar-refractivity contribution < 1.29 is 0 Å². The Bertz CT molecular complexity index is 678. The van der Waals surface area contributed by atoms with Gasteiger partial charge in [0.1, 0.15) is 0 Å². The number of hydrogen-bond acceptors (Lipinski definition) is 3. The normalized spacial score (nSPS) is 10.9. The lowest BCUT2D eigenvalue weighted by Crippen LogP contribution is -1.97. The average molecular weight is 310 g/mol. The van der Waals surface area contributed by atoms with Crippen LogP contribution in [0.4, 0.5) is 0 Å². The Kier molecular flexibility index (Phi) is 2.57. The van der Waals surface area contributed by atoms with E-state index in [0.717, 1.165) is 15.5 Å². The highest BCUT2D eigenvalue weighted by Gasteiger charge is 2.07. The smallest absolute Gasteiger partial charge is 0.224 e. The van der Waals surface area contributed by atoms with Gasteiger partial charge in [0.05, 0.1) is 17.3 Å². The molecule has 0 atom stereocenters. The molecule has 6 heteroatoms. The van der Waals surface area contributed by atoms with E-state index in [1.807, 2.05) is 24.3 Å². The fourth-order valence-electron chi connectivity index (χ4n) is 1.57. The van der Waals surface area contributed by atoms with Crippen molar-refractivity contribution >= 4 is 38.6 Å². The second-order valence-electron chi connectivity index (χ2n) is 3.45. The van der Waals surface area contributed by atoms with E-state index >= 15 is 0 Å². The van der Waals surface area contributed by atoms with Crippen molar-refractivity contribution in [1.29, 1.82) is 0 Å². The Balaban J connectivity index is 2.23. The molecule has 0 aliphatic rings. The minimum Gasteiger partial charge on any atom is -0.226 e. The lowest BCUT2D eigenvalue weighted by atomic mass is 10.3. The van der Waals surface area contributed by atoms with Gasteiger partial charge in [-0.25, -0.2) is 9.67 Å². The van der Waals surface area contributed by atoms with Gasteiger partial charge in [0.2, 0.25) is 5.28 Å². The van der Waals surface area contributed by atoms with Crippen LogP contribution in [0.5, 0.6) is 0 Å². The maximum atomic E-state index is 5.79. The first-order valence-electron chi connectivity index (χ1n) is 4.86. The molecule has 3 rings (SSSR count). The summed E-state index contributed by atoms with van der Waals surface area (Å²) in [5.41, 5.74) is 1.63. The first kappa shape index (κ1) is 10.7. The Labute approximate surface area is 110 Å². The van der Waals surface area contributed by atoms with E-state index in [2.05, 4.69) is 31.0 Å². The lowest BCUT2D eigenvalue weighted by Gasteiger charge is -2.02. The van der Waals surface area contributed by atoms with Crippen LogP contribution in [0.15, 0.2) is 41.1 Å². The molecule has 0 spiro atoms. The summed E-state index contributed by atoms with van der Waals surface area (Å²) in [7, 11) is 0. The summed E-state index contributed by atoms with van der Waals surface area (Å²) in [4.78, 5) is 8.10. The molecule has 0 aliphatic heterocycles. The molecule has 0 unspecified atom stereocenters. The summed E-state index contributed by atoms with van der Waals surface area (Å²) in [5.74, 6) is 0. The molecule has 0 saturated heterocycles. The molecule has 0 fully saturated rings. The van der Waals surface area contributed by atoms with Gasteiger partial charge in [-0.3, -0.25) is 0 Å². The molecule has 17 heavy (non-hydrogen) atoms. The SMILES string of the molecule is Clc1ncc2cnn(-c3ccc(Br)cc3)c2n1. The molecule has 0 radical (unpaired) electrons. The minimum atomic E-state index is 0.219. The van der Waals surface area contributed by atoms with Crippen LogP contribution in [0.1, 0.15) is 0 Å². The fraction of sp³-hybridized carbons (Fsp3) is 0. The molecule has 2 heterocycles. The van der Waals surface area contributed by atoms with E-state index in [-0.39, 0.29) is 5.28 Å². The number of fused-ring (bicyclic) bond motifs is 1. The zero-order valence-corrected chi connectivity index (χ0v) is 10.9. The first-order chi connectivity index (χ1) is 8.24. The van der Waals surface area contributed by atoms with Gasteiger partial charge in [-0.2, -0.15) is 10.1 Å². The standard InChI is InChI=1S/C11H6BrClN4/c12-8-1-3-9(4-2-8)17-10-7(6-15-17)5-14-11(13)16-10/h1-6H. The number of rotatable bonds is 1. The summed E-state index contributed by atoms with van der Waals surface area (Å²) in [5, 5.41) is 5.35. The molecule has 4 nitrogen and oxygen atoms in total. The number of benzene rings is 1. The number of aromatic nitrogens is 4. The van der Waals surface area contributed by atoms with Crippen molar-refractivity contribution in [2.24, 2.45) is 0 Å². The molecule has 0 amide bonds. The predicted octanol–water partition coefficient (Wildman–Crippen LogP) is 3.23. The second kappa shape index (κ2) is 4.09. The van der Waals surface area contributed by atoms with Crippen molar-refractivity contribution in [2.45, 2.75) is 0 Å². The zero-order valence-electron chi connectivity index (χ0n) is 8.51. The third-order valence-corrected chi connectivity index (χ3v) is 3.06. The number of halogens is 2. The summed E-state index contributed by atoms with van der Waals surface area (Å²) >= 11 is 9.18. The molecule has 0 N–H and O–H groups in total. The topological polar surface area (TPSA) is 43.6 Å². The third kappa shape index (κ3) is 1.92. The summed E-state index contributed by atoms with van der Waals surface area (Å²) in [6.45, 7) is 0. The maximum Gasteiger partial charge on any atom is 0.224 e. The van der Waals surface area contributed by atoms with Crippen molar-refractivity contribution in [3.63, 3.8) is 0 Å². The van der Waals surface area contributed by atoms with Crippen LogP contribution in [-0.4, -0.2) is 19.7 Å². The molecule has 0 aliphatic carbocycles. The van der Waals surface area contributed by atoms with Crippen molar-refractivity contribution in [3.05, 3.63) is 46.4 Å². The number of nitrogens with zero attached hydrogens (tertiary/aromatic N) is 4. The molecule has 1 aromatic carbocycles. The van der Waals surface area contributed by atoms with E-state index < -0.39 is 0 Å². The van der Waals surface area contributed by atoms with Crippen LogP contribution in [-0.2, 0) is 0 Å². The van der Waals surface area contributed by atoms with Gasteiger partial charge in [-0.1, -0.05) is 15.9 Å². The van der Waals surface area contributed by atoms with E-state index in [9.17, 15) is 0 Å². The molecule has 3 aromatic rings. The molecule has 2 aromatic heterocycles. The lowest BCUT2D eigenvalue weighted by molar-refractivity contribution is 0.895. The highest BCUT2D eigenvalue weighted by atomic mass is 79.9. The molecule has 84 valence electrons. The largest absolute Gasteiger partial charge is 0.226 e. The Morgan fingerprint density at radius 1 is 1.12 bits per heavy atom. The van der Waals surface area contributed by atoms with Gasteiger partial charge in [-0.15, -0.1) is 0 Å². The van der Waals surface area contributed by atoms with Crippen LogP contribution in [0.3, 0.4) is 0 Å². The van der Waals surface area contributed by atoms with E-state index in [0.29, 0.717) is 5.65 Å². The molecule has 0 bridgehead atoms. The van der Waals surface area contributed by atoms with Crippen molar-refractivity contribution in [2.75, 3.05) is 0 Å². The summed E-state index contributed by atoms with van der Waals surface area (Å²) in [6.07, 6.45) is 3.38. The van der Waals surface area contributed by atoms with Gasteiger partial charge < -0.3 is 0 Å². The molecule has 0 saturated carbocycles. The predicted molar refractivity (Wildman–Crippen MR) is 69.4 cm³/mol. The van der Waals surface area contributed by atoms with Crippen LogP contribution in [0.25, 0.3) is 16.7 Å². The maximum absolute atomic E-state index is 5.79. The van der Waals surface area contributed by atoms with E-state index in [1.54, 1.807) is 17.1 Å². The molecular formula is C11H6BrClN4. The summed E-state index contributed by atoms with van der Waals surface area (Å²) in [6, 6.07) is 7.80. The monoisotopic (exact) mass is 308 g/mol. The highest BCUT2D eigenvalue weighted by Crippen LogP contribution is 2.18. The quantitative estimate of drug-likeness (QED) is 0.648. The second-order valence-corrected chi connectivity index (χ2v) is 4.70. The minimum absolute atomic E-state index is 0.219. The van der Waals surface area contributed by atoms with Crippen LogP contribution in [0.2, 0.25) is 5.28 Å². The summed E-state index contributed by atoms with van der Waals surface area (Å²) < 4.78 is 2.75. The van der Waals surface area contributed by atoms with Crippen LogP contribution < -0.4 is 0 Å². The van der Waals surface area contributed by atoms with Crippen LogP contribution >= 0.6 is 27.5 Å². The Morgan fingerprint density at radius 3 is 2.65 bits per heavy atom. The van der Waals surface area contributed by atoms with Gasteiger partial charge in [0, 0.05) is 10.7 Å². The first-order valence-corrected chi connectivity index (χ1v) is 6.03. The van der Waals surface area contributed by atoms with Gasteiger partial charge in [-0.05, 0) is 35.9 Å². The van der Waals surface area contributed by atoms with Gasteiger partial charge in [0.25, 0.3) is 0 Å². The van der Waals surface area contributed by atoms with Crippen LogP contribution in [0, 0.1) is 0 Å². The van der Waals surface area contributed by atoms with Gasteiger partial charge in [0.15, 0.2) is 5.65 Å². The van der Waals surface area contributed by atoms with E-state index in [1.165, 1.54) is 0 Å². The average Bonchev–Trinajstić information content (AvgIpc) is 2.73. The highest BCUT2D eigenvalue weighted by molar-refractivity contribution is 9.10. The van der Waals surface area contributed by atoms with E-state index in [4.69, 9.17) is 11.6 Å². The zero-order chi connectivity index (χ0) is 11.8. The van der Waals surface area contributed by atoms with Crippen molar-refractivity contribution in [1.82, 2.24) is 19.7 Å². The third-order valence-electron chi connectivity index (χ3n) is 2.35. The number of hydrogen-bond donors (Lipinski definition) is 0. The van der Waals surface area contributed by atoms with Crippen molar-refractivity contribution in [3.8, 4) is 5.69 Å². The van der Waals surface area contributed by atoms with Gasteiger partial charge >= 0.3 is 0 Å². The fourth-order valence-corrected chi connectivity index (χ4v) is 1.96.